The second-order valence-electron chi connectivity index (χ2n) is 6.55. The number of nitrogens with zero attached hydrogens (tertiary/aromatic N) is 4. The van der Waals surface area contributed by atoms with E-state index in [-0.39, 0.29) is 17.6 Å². The van der Waals surface area contributed by atoms with Gasteiger partial charge in [-0.05, 0) is 36.4 Å². The van der Waals surface area contributed by atoms with Crippen LogP contribution in [0.3, 0.4) is 0 Å². The first kappa shape index (κ1) is 20.8. The number of carbonyl (C=O) groups is 2. The maximum absolute atomic E-state index is 12.4. The molecule has 2 N–H and O–H groups in total. The van der Waals surface area contributed by atoms with Crippen LogP contribution in [0.2, 0.25) is 5.02 Å². The predicted octanol–water partition coefficient (Wildman–Crippen LogP) is 4.16. The number of halogens is 1. The smallest absolute Gasteiger partial charge is 0.234 e. The van der Waals surface area contributed by atoms with Crippen molar-refractivity contribution < 1.29 is 9.59 Å². The molecule has 2 heterocycles. The van der Waals surface area contributed by atoms with E-state index in [9.17, 15) is 9.59 Å². The number of hydrogen-bond acceptors (Lipinski definition) is 6. The van der Waals surface area contributed by atoms with E-state index in [1.807, 2.05) is 12.1 Å². The zero-order valence-electron chi connectivity index (χ0n) is 16.4. The molecule has 0 atom stereocenters. The SMILES string of the molecule is CC(=O)Nc1cccc(NC(=O)CSc2ncnc3c2cnn3-c2cccc(Cl)c2)c1. The van der Waals surface area contributed by atoms with Gasteiger partial charge < -0.3 is 10.6 Å². The third-order valence-electron chi connectivity index (χ3n) is 4.19. The standard InChI is InChI=1S/C21H17ClN6O2S/c1-13(29)26-15-5-3-6-16(9-15)27-19(30)11-31-21-18-10-25-28(20(18)23-12-24-21)17-7-2-4-14(22)8-17/h2-10,12H,11H2,1H3,(H,26,29)(H,27,30). The van der Waals surface area contributed by atoms with Crippen LogP contribution < -0.4 is 10.6 Å². The fourth-order valence-corrected chi connectivity index (χ4v) is 3.89. The van der Waals surface area contributed by atoms with Crippen LogP contribution in [0.15, 0.2) is 66.1 Å². The van der Waals surface area contributed by atoms with E-state index in [4.69, 9.17) is 11.6 Å². The van der Waals surface area contributed by atoms with Crippen molar-refractivity contribution in [3.63, 3.8) is 0 Å². The lowest BCUT2D eigenvalue weighted by Gasteiger charge is -2.08. The number of amides is 2. The zero-order valence-corrected chi connectivity index (χ0v) is 17.9. The molecule has 4 rings (SSSR count). The van der Waals surface area contributed by atoms with Crippen LogP contribution in [0.4, 0.5) is 11.4 Å². The highest BCUT2D eigenvalue weighted by Gasteiger charge is 2.13. The van der Waals surface area contributed by atoms with Crippen molar-refractivity contribution in [2.75, 3.05) is 16.4 Å². The van der Waals surface area contributed by atoms with Gasteiger partial charge in [-0.3, -0.25) is 9.59 Å². The molecule has 0 saturated carbocycles. The van der Waals surface area contributed by atoms with Crippen LogP contribution in [-0.2, 0) is 9.59 Å². The van der Waals surface area contributed by atoms with Gasteiger partial charge in [-0.15, -0.1) is 0 Å². The molecule has 4 aromatic rings. The summed E-state index contributed by atoms with van der Waals surface area (Å²) in [7, 11) is 0. The molecular formula is C21H17ClN6O2S. The summed E-state index contributed by atoms with van der Waals surface area (Å²) in [4.78, 5) is 32.3. The quantitative estimate of drug-likeness (QED) is 0.336. The number of thioether (sulfide) groups is 1. The predicted molar refractivity (Wildman–Crippen MR) is 122 cm³/mol. The van der Waals surface area contributed by atoms with E-state index in [2.05, 4.69) is 25.7 Å². The Kier molecular flexibility index (Phi) is 6.15. The second-order valence-corrected chi connectivity index (χ2v) is 7.95. The maximum Gasteiger partial charge on any atom is 0.234 e. The molecule has 0 saturated heterocycles. The normalized spacial score (nSPS) is 10.8. The first-order valence-corrected chi connectivity index (χ1v) is 10.6. The van der Waals surface area contributed by atoms with Crippen molar-refractivity contribution in [1.82, 2.24) is 19.7 Å². The lowest BCUT2D eigenvalue weighted by atomic mass is 10.2. The van der Waals surface area contributed by atoms with E-state index >= 15 is 0 Å². The van der Waals surface area contributed by atoms with E-state index < -0.39 is 0 Å². The van der Waals surface area contributed by atoms with Gasteiger partial charge in [0.15, 0.2) is 5.65 Å². The van der Waals surface area contributed by atoms with Crippen molar-refractivity contribution in [2.24, 2.45) is 0 Å². The molecule has 2 aromatic heterocycles. The van der Waals surface area contributed by atoms with Crippen molar-refractivity contribution in [1.29, 1.82) is 0 Å². The van der Waals surface area contributed by atoms with Crippen molar-refractivity contribution in [3.8, 4) is 5.69 Å². The number of hydrogen-bond donors (Lipinski definition) is 2. The summed E-state index contributed by atoms with van der Waals surface area (Å²) in [5.41, 5.74) is 2.62. The molecule has 31 heavy (non-hydrogen) atoms. The number of anilines is 2. The zero-order chi connectivity index (χ0) is 21.8. The molecule has 0 unspecified atom stereocenters. The largest absolute Gasteiger partial charge is 0.326 e. The molecule has 0 aliphatic carbocycles. The Morgan fingerprint density at radius 2 is 1.84 bits per heavy atom. The Morgan fingerprint density at radius 3 is 2.61 bits per heavy atom. The highest BCUT2D eigenvalue weighted by Crippen LogP contribution is 2.26. The van der Waals surface area contributed by atoms with Gasteiger partial charge in [0.1, 0.15) is 11.4 Å². The minimum Gasteiger partial charge on any atom is -0.326 e. The van der Waals surface area contributed by atoms with E-state index in [0.717, 1.165) is 11.1 Å². The Hall–Kier alpha value is -3.43. The van der Waals surface area contributed by atoms with Crippen LogP contribution in [-0.4, -0.2) is 37.3 Å². The average molecular weight is 453 g/mol. The van der Waals surface area contributed by atoms with E-state index in [0.29, 0.717) is 27.1 Å². The van der Waals surface area contributed by atoms with Gasteiger partial charge in [-0.2, -0.15) is 5.10 Å². The average Bonchev–Trinajstić information content (AvgIpc) is 3.17. The third kappa shape index (κ3) is 5.01. The fourth-order valence-electron chi connectivity index (χ4n) is 2.94. The maximum atomic E-state index is 12.4. The van der Waals surface area contributed by atoms with E-state index in [1.54, 1.807) is 47.3 Å². The lowest BCUT2D eigenvalue weighted by molar-refractivity contribution is -0.114. The first-order valence-electron chi connectivity index (χ1n) is 9.24. The summed E-state index contributed by atoms with van der Waals surface area (Å²) >= 11 is 7.38. The number of aromatic nitrogens is 4. The van der Waals surface area contributed by atoms with Crippen LogP contribution in [0.25, 0.3) is 16.7 Å². The first-order chi connectivity index (χ1) is 15.0. The highest BCUT2D eigenvalue weighted by molar-refractivity contribution is 8.00. The summed E-state index contributed by atoms with van der Waals surface area (Å²) in [6, 6.07) is 14.3. The molecular weight excluding hydrogens is 436 g/mol. The van der Waals surface area contributed by atoms with Gasteiger partial charge in [-0.25, -0.2) is 14.6 Å². The van der Waals surface area contributed by atoms with Crippen molar-refractivity contribution in [3.05, 3.63) is 66.1 Å². The van der Waals surface area contributed by atoms with Gasteiger partial charge in [-0.1, -0.05) is 35.5 Å². The summed E-state index contributed by atoms with van der Waals surface area (Å²) < 4.78 is 1.68. The monoisotopic (exact) mass is 452 g/mol. The molecule has 0 fully saturated rings. The lowest BCUT2D eigenvalue weighted by Crippen LogP contribution is -2.14. The minimum absolute atomic E-state index is 0.152. The molecule has 2 amide bonds. The van der Waals surface area contributed by atoms with Crippen molar-refractivity contribution in [2.45, 2.75) is 11.9 Å². The second kappa shape index (κ2) is 9.15. The van der Waals surface area contributed by atoms with E-state index in [1.165, 1.54) is 25.0 Å². The molecule has 8 nitrogen and oxygen atoms in total. The fraction of sp³-hybridized carbons (Fsp3) is 0.0952. The van der Waals surface area contributed by atoms with Gasteiger partial charge >= 0.3 is 0 Å². The number of carbonyl (C=O) groups excluding carboxylic acids is 2. The Labute approximate surface area is 187 Å². The van der Waals surface area contributed by atoms with Crippen LogP contribution in [0.1, 0.15) is 6.92 Å². The van der Waals surface area contributed by atoms with Gasteiger partial charge in [0.05, 0.1) is 23.0 Å². The van der Waals surface area contributed by atoms with Crippen molar-refractivity contribution >= 4 is 57.6 Å². The molecule has 0 spiro atoms. The Morgan fingerprint density at radius 1 is 1.06 bits per heavy atom. The Balaban J connectivity index is 1.47. The molecule has 10 heteroatoms. The molecule has 0 aliphatic rings. The topological polar surface area (TPSA) is 102 Å². The molecule has 0 radical (unpaired) electrons. The summed E-state index contributed by atoms with van der Waals surface area (Å²) in [5.74, 6) is -0.220. The summed E-state index contributed by atoms with van der Waals surface area (Å²) in [6.45, 7) is 1.43. The van der Waals surface area contributed by atoms with Crippen LogP contribution in [0.5, 0.6) is 0 Å². The molecule has 0 bridgehead atoms. The molecule has 156 valence electrons. The number of nitrogens with one attached hydrogen (secondary N) is 2. The molecule has 2 aromatic carbocycles. The number of benzene rings is 2. The van der Waals surface area contributed by atoms with Crippen LogP contribution >= 0.6 is 23.4 Å². The number of fused-ring (bicyclic) bond motifs is 1. The van der Waals surface area contributed by atoms with Gasteiger partial charge in [0.2, 0.25) is 11.8 Å². The number of rotatable bonds is 6. The summed E-state index contributed by atoms with van der Waals surface area (Å²) in [5, 5.41) is 11.9. The third-order valence-corrected chi connectivity index (χ3v) is 5.43. The minimum atomic E-state index is -0.195. The highest BCUT2D eigenvalue weighted by atomic mass is 35.5. The van der Waals surface area contributed by atoms with Crippen LogP contribution in [0, 0.1) is 0 Å². The summed E-state index contributed by atoms with van der Waals surface area (Å²) in [6.07, 6.45) is 3.12. The van der Waals surface area contributed by atoms with Gasteiger partial charge in [0.25, 0.3) is 0 Å². The Bertz CT molecular complexity index is 1280. The molecule has 0 aliphatic heterocycles. The van der Waals surface area contributed by atoms with Gasteiger partial charge in [0, 0.05) is 23.3 Å².